The van der Waals surface area contributed by atoms with Crippen molar-refractivity contribution in [2.24, 2.45) is 0 Å². The molecule has 1 aromatic rings. The monoisotopic (exact) mass is 186 g/mol. The molecule has 0 bridgehead atoms. The molecule has 0 aliphatic heterocycles. The van der Waals surface area contributed by atoms with E-state index in [1.54, 1.807) is 0 Å². The fourth-order valence-electron chi connectivity index (χ4n) is 2.11. The third kappa shape index (κ3) is 1.19. The van der Waals surface area contributed by atoms with Gasteiger partial charge in [-0.3, -0.25) is 0 Å². The molecule has 2 aliphatic carbocycles. The highest BCUT2D eigenvalue weighted by Crippen LogP contribution is 2.47. The molecule has 3 rings (SSSR count). The number of carbonyl (C=O) groups excluding carboxylic acids is 1. The molecule has 0 saturated heterocycles. The van der Waals surface area contributed by atoms with Gasteiger partial charge >= 0.3 is 0 Å². The molecule has 0 amide bonds. The first-order chi connectivity index (χ1) is 6.84. The molecule has 14 heavy (non-hydrogen) atoms. The van der Waals surface area contributed by atoms with E-state index < -0.39 is 0 Å². The Morgan fingerprint density at radius 3 is 2.21 bits per heavy atom. The predicted molar refractivity (Wildman–Crippen MR) is 55.4 cm³/mol. The van der Waals surface area contributed by atoms with Crippen LogP contribution in [0.5, 0.6) is 0 Å². The summed E-state index contributed by atoms with van der Waals surface area (Å²) in [5, 5.41) is 0. The first-order valence-electron chi connectivity index (χ1n) is 5.41. The van der Waals surface area contributed by atoms with Crippen LogP contribution in [-0.2, 0) is 10.2 Å². The van der Waals surface area contributed by atoms with Crippen LogP contribution in [0.1, 0.15) is 42.7 Å². The van der Waals surface area contributed by atoms with Crippen molar-refractivity contribution in [3.05, 3.63) is 35.4 Å². The Hall–Kier alpha value is -1.11. The highest BCUT2D eigenvalue weighted by atomic mass is 16.1. The lowest BCUT2D eigenvalue weighted by molar-refractivity contribution is -0.109. The van der Waals surface area contributed by atoms with Crippen LogP contribution in [0.2, 0.25) is 0 Å². The fraction of sp³-hybridized carbons (Fsp3) is 0.462. The maximum absolute atomic E-state index is 10.9. The first kappa shape index (κ1) is 8.22. The van der Waals surface area contributed by atoms with Crippen LogP contribution in [0.4, 0.5) is 0 Å². The lowest BCUT2D eigenvalue weighted by atomic mass is 9.96. The Balaban J connectivity index is 1.89. The van der Waals surface area contributed by atoms with Gasteiger partial charge in [-0.1, -0.05) is 24.3 Å². The molecule has 0 aromatic heterocycles. The topological polar surface area (TPSA) is 17.1 Å². The van der Waals surface area contributed by atoms with E-state index in [4.69, 9.17) is 0 Å². The lowest BCUT2D eigenvalue weighted by Crippen LogP contribution is -2.07. The Bertz CT molecular complexity index is 355. The number of aldehydes is 1. The van der Waals surface area contributed by atoms with Crippen LogP contribution in [0.25, 0.3) is 0 Å². The SMILES string of the molecule is O=CC1(c2ccc(C3CC3)cc2)CC1. The van der Waals surface area contributed by atoms with Crippen molar-refractivity contribution in [1.82, 2.24) is 0 Å². The third-order valence-electron chi connectivity index (χ3n) is 3.55. The number of rotatable bonds is 3. The molecule has 0 atom stereocenters. The zero-order valence-electron chi connectivity index (χ0n) is 8.20. The van der Waals surface area contributed by atoms with Gasteiger partial charge < -0.3 is 4.79 Å². The second kappa shape index (κ2) is 2.69. The molecule has 0 N–H and O–H groups in total. The van der Waals surface area contributed by atoms with Gasteiger partial charge in [0.05, 0.1) is 5.41 Å². The van der Waals surface area contributed by atoms with Crippen molar-refractivity contribution in [3.8, 4) is 0 Å². The third-order valence-corrected chi connectivity index (χ3v) is 3.55. The molecule has 0 heterocycles. The van der Waals surface area contributed by atoms with Crippen LogP contribution < -0.4 is 0 Å². The highest BCUT2D eigenvalue weighted by Gasteiger charge is 2.44. The second-order valence-electron chi connectivity index (χ2n) is 4.67. The normalized spacial score (nSPS) is 23.1. The van der Waals surface area contributed by atoms with Crippen molar-refractivity contribution in [2.45, 2.75) is 37.0 Å². The number of hydrogen-bond acceptors (Lipinski definition) is 1. The molecule has 1 nitrogen and oxygen atoms in total. The largest absolute Gasteiger partial charge is 0.302 e. The smallest absolute Gasteiger partial charge is 0.130 e. The van der Waals surface area contributed by atoms with E-state index in [0.717, 1.165) is 25.0 Å². The van der Waals surface area contributed by atoms with E-state index in [0.29, 0.717) is 0 Å². The molecular weight excluding hydrogens is 172 g/mol. The molecule has 72 valence electrons. The van der Waals surface area contributed by atoms with E-state index in [1.165, 1.54) is 24.0 Å². The average molecular weight is 186 g/mol. The molecule has 1 aromatic carbocycles. The van der Waals surface area contributed by atoms with Gasteiger partial charge in [0.2, 0.25) is 0 Å². The van der Waals surface area contributed by atoms with Crippen molar-refractivity contribution >= 4 is 6.29 Å². The summed E-state index contributed by atoms with van der Waals surface area (Å²) in [6.07, 6.45) is 5.90. The minimum Gasteiger partial charge on any atom is -0.302 e. The minimum absolute atomic E-state index is 0.0952. The number of benzene rings is 1. The minimum atomic E-state index is -0.0952. The zero-order valence-corrected chi connectivity index (χ0v) is 8.20. The molecule has 1 heteroatoms. The van der Waals surface area contributed by atoms with Crippen LogP contribution in [0.15, 0.2) is 24.3 Å². The van der Waals surface area contributed by atoms with Gasteiger partial charge in [-0.25, -0.2) is 0 Å². The quantitative estimate of drug-likeness (QED) is 0.663. The molecule has 0 spiro atoms. The summed E-state index contributed by atoms with van der Waals surface area (Å²) in [6.45, 7) is 0. The average Bonchev–Trinajstić information content (AvgIpc) is 3.12. The molecule has 0 radical (unpaired) electrons. The predicted octanol–water partition coefficient (Wildman–Crippen LogP) is 2.79. The summed E-state index contributed by atoms with van der Waals surface area (Å²) in [5.74, 6) is 0.815. The van der Waals surface area contributed by atoms with Gasteiger partial charge in [0.1, 0.15) is 6.29 Å². The van der Waals surface area contributed by atoms with E-state index in [-0.39, 0.29) is 5.41 Å². The van der Waals surface area contributed by atoms with E-state index in [2.05, 4.69) is 24.3 Å². The molecule has 2 fully saturated rings. The van der Waals surface area contributed by atoms with Crippen LogP contribution in [-0.4, -0.2) is 6.29 Å². The maximum Gasteiger partial charge on any atom is 0.130 e. The van der Waals surface area contributed by atoms with Crippen LogP contribution >= 0.6 is 0 Å². The molecule has 0 unspecified atom stereocenters. The Labute approximate surface area is 84.1 Å². The summed E-state index contributed by atoms with van der Waals surface area (Å²) in [6, 6.07) is 8.71. The summed E-state index contributed by atoms with van der Waals surface area (Å²) >= 11 is 0. The molecule has 2 aliphatic rings. The number of carbonyl (C=O) groups is 1. The van der Waals surface area contributed by atoms with E-state index >= 15 is 0 Å². The second-order valence-corrected chi connectivity index (χ2v) is 4.67. The van der Waals surface area contributed by atoms with Gasteiger partial charge in [0, 0.05) is 0 Å². The van der Waals surface area contributed by atoms with Crippen molar-refractivity contribution < 1.29 is 4.79 Å². The van der Waals surface area contributed by atoms with Crippen LogP contribution in [0.3, 0.4) is 0 Å². The molecular formula is C13H14O. The van der Waals surface area contributed by atoms with Gasteiger partial charge in [0.15, 0.2) is 0 Å². The zero-order chi connectivity index (χ0) is 9.60. The lowest BCUT2D eigenvalue weighted by Gasteiger charge is -2.07. The van der Waals surface area contributed by atoms with Crippen molar-refractivity contribution in [3.63, 3.8) is 0 Å². The summed E-state index contributed by atoms with van der Waals surface area (Å²) < 4.78 is 0. The Morgan fingerprint density at radius 2 is 1.79 bits per heavy atom. The van der Waals surface area contributed by atoms with Gasteiger partial charge in [-0.2, -0.15) is 0 Å². The fourth-order valence-corrected chi connectivity index (χ4v) is 2.11. The Morgan fingerprint density at radius 1 is 1.14 bits per heavy atom. The summed E-state index contributed by atoms with van der Waals surface area (Å²) in [7, 11) is 0. The van der Waals surface area contributed by atoms with Crippen molar-refractivity contribution in [2.75, 3.05) is 0 Å². The first-order valence-corrected chi connectivity index (χ1v) is 5.41. The Kier molecular flexibility index (Phi) is 1.58. The van der Waals surface area contributed by atoms with Gasteiger partial charge in [-0.15, -0.1) is 0 Å². The van der Waals surface area contributed by atoms with Gasteiger partial charge in [-0.05, 0) is 42.7 Å². The molecule has 2 saturated carbocycles. The number of hydrogen-bond donors (Lipinski definition) is 0. The van der Waals surface area contributed by atoms with E-state index in [9.17, 15) is 4.79 Å². The van der Waals surface area contributed by atoms with Gasteiger partial charge in [0.25, 0.3) is 0 Å². The maximum atomic E-state index is 10.9. The summed E-state index contributed by atoms with van der Waals surface area (Å²) in [4.78, 5) is 10.9. The summed E-state index contributed by atoms with van der Waals surface area (Å²) in [5.41, 5.74) is 2.58. The highest BCUT2D eigenvalue weighted by molar-refractivity contribution is 5.73. The van der Waals surface area contributed by atoms with Crippen molar-refractivity contribution in [1.29, 1.82) is 0 Å². The van der Waals surface area contributed by atoms with E-state index in [1.807, 2.05) is 0 Å². The standard InChI is InChI=1S/C13H14O/c14-9-13(7-8-13)12-5-3-11(4-6-12)10-1-2-10/h3-6,9-10H,1-2,7-8H2. The van der Waals surface area contributed by atoms with Crippen LogP contribution in [0, 0.1) is 0 Å².